The van der Waals surface area contributed by atoms with Crippen LogP contribution in [0.15, 0.2) is 42.6 Å². The van der Waals surface area contributed by atoms with E-state index in [4.69, 9.17) is 16.3 Å². The number of nitrogens with zero attached hydrogens (tertiary/aromatic N) is 1. The number of hydrogen-bond donors (Lipinski definition) is 0. The molecule has 0 aliphatic carbocycles. The third-order valence-corrected chi connectivity index (χ3v) is 2.75. The van der Waals surface area contributed by atoms with Crippen molar-refractivity contribution in [1.29, 1.82) is 0 Å². The molecule has 5 heteroatoms. The predicted molar refractivity (Wildman–Crippen MR) is 70.9 cm³/mol. The maximum Gasteiger partial charge on any atom is 0.233 e. The maximum absolute atomic E-state index is 12.0. The molecule has 0 aliphatic rings. The lowest BCUT2D eigenvalue weighted by molar-refractivity contribution is 0.0817. The molecule has 19 heavy (non-hydrogen) atoms. The zero-order valence-electron chi connectivity index (χ0n) is 10.1. The SMILES string of the molecule is COc1ccc(C(=O)C(=O)c2ccnc(Cl)c2)cc1. The number of methoxy groups -OCH3 is 1. The first kappa shape index (κ1) is 13.2. The summed E-state index contributed by atoms with van der Waals surface area (Å²) < 4.78 is 4.99. The molecule has 0 amide bonds. The normalized spacial score (nSPS) is 10.0. The average molecular weight is 276 g/mol. The molecule has 0 fully saturated rings. The second kappa shape index (κ2) is 5.63. The summed E-state index contributed by atoms with van der Waals surface area (Å²) >= 11 is 5.69. The molecule has 0 unspecified atom stereocenters. The molecule has 0 saturated heterocycles. The highest BCUT2D eigenvalue weighted by atomic mass is 35.5. The van der Waals surface area contributed by atoms with Crippen LogP contribution in [0.25, 0.3) is 0 Å². The van der Waals surface area contributed by atoms with E-state index in [0.717, 1.165) is 0 Å². The zero-order valence-corrected chi connectivity index (χ0v) is 10.8. The number of benzene rings is 1. The van der Waals surface area contributed by atoms with Crippen molar-refractivity contribution >= 4 is 23.2 Å². The van der Waals surface area contributed by atoms with Crippen molar-refractivity contribution in [3.63, 3.8) is 0 Å². The Morgan fingerprint density at radius 1 is 1.05 bits per heavy atom. The van der Waals surface area contributed by atoms with E-state index in [1.54, 1.807) is 24.3 Å². The zero-order chi connectivity index (χ0) is 13.8. The maximum atomic E-state index is 12.0. The number of pyridine rings is 1. The van der Waals surface area contributed by atoms with Gasteiger partial charge in [-0.2, -0.15) is 0 Å². The minimum atomic E-state index is -0.616. The van der Waals surface area contributed by atoms with Gasteiger partial charge in [0.05, 0.1) is 7.11 Å². The van der Waals surface area contributed by atoms with Gasteiger partial charge in [0, 0.05) is 17.3 Å². The quantitative estimate of drug-likeness (QED) is 0.489. The van der Waals surface area contributed by atoms with Crippen LogP contribution in [0.3, 0.4) is 0 Å². The molecule has 0 radical (unpaired) electrons. The van der Waals surface area contributed by atoms with Gasteiger partial charge >= 0.3 is 0 Å². The molecule has 2 aromatic rings. The first-order valence-corrected chi connectivity index (χ1v) is 5.84. The number of ether oxygens (including phenoxy) is 1. The summed E-state index contributed by atoms with van der Waals surface area (Å²) in [6, 6.07) is 9.16. The van der Waals surface area contributed by atoms with Gasteiger partial charge in [-0.25, -0.2) is 4.98 Å². The lowest BCUT2D eigenvalue weighted by Gasteiger charge is -2.03. The molecule has 4 nitrogen and oxygen atoms in total. The van der Waals surface area contributed by atoms with Crippen molar-refractivity contribution in [1.82, 2.24) is 4.98 Å². The van der Waals surface area contributed by atoms with Gasteiger partial charge in [0.2, 0.25) is 11.6 Å². The average Bonchev–Trinajstić information content (AvgIpc) is 2.46. The number of carbonyl (C=O) groups excluding carboxylic acids is 2. The van der Waals surface area contributed by atoms with Gasteiger partial charge in [-0.15, -0.1) is 0 Å². The van der Waals surface area contributed by atoms with Crippen LogP contribution >= 0.6 is 11.6 Å². The second-order valence-corrected chi connectivity index (χ2v) is 4.14. The van der Waals surface area contributed by atoms with Crippen LogP contribution in [-0.2, 0) is 0 Å². The van der Waals surface area contributed by atoms with Gasteiger partial charge in [-0.3, -0.25) is 9.59 Å². The summed E-state index contributed by atoms with van der Waals surface area (Å²) in [6.45, 7) is 0. The number of halogens is 1. The molecule has 0 bridgehead atoms. The highest BCUT2D eigenvalue weighted by Gasteiger charge is 2.18. The standard InChI is InChI=1S/C14H10ClNO3/c1-19-11-4-2-9(3-5-11)13(17)14(18)10-6-7-16-12(15)8-10/h2-8H,1H3. The first-order valence-electron chi connectivity index (χ1n) is 5.46. The smallest absolute Gasteiger partial charge is 0.233 e. The minimum absolute atomic E-state index is 0.174. The lowest BCUT2D eigenvalue weighted by Crippen LogP contribution is -2.14. The summed E-state index contributed by atoms with van der Waals surface area (Å²) in [6.07, 6.45) is 1.39. The molecular formula is C14H10ClNO3. The number of ketones is 2. The molecule has 2 rings (SSSR count). The Morgan fingerprint density at radius 3 is 2.26 bits per heavy atom. The Balaban J connectivity index is 2.25. The fourth-order valence-corrected chi connectivity index (χ4v) is 1.72. The molecule has 1 aromatic heterocycles. The van der Waals surface area contributed by atoms with Gasteiger partial charge in [0.15, 0.2) is 0 Å². The summed E-state index contributed by atoms with van der Waals surface area (Å²) in [5.41, 5.74) is 0.527. The van der Waals surface area contributed by atoms with Crippen LogP contribution in [0.2, 0.25) is 5.15 Å². The fraction of sp³-hybridized carbons (Fsp3) is 0.0714. The van der Waals surface area contributed by atoms with Crippen LogP contribution in [0.4, 0.5) is 0 Å². The second-order valence-electron chi connectivity index (χ2n) is 3.75. The molecule has 96 valence electrons. The summed E-state index contributed by atoms with van der Waals surface area (Å²) in [5, 5.41) is 0.174. The van der Waals surface area contributed by atoms with Crippen LogP contribution in [0.1, 0.15) is 20.7 Å². The van der Waals surface area contributed by atoms with Crippen LogP contribution < -0.4 is 4.74 Å². The van der Waals surface area contributed by atoms with Crippen molar-refractivity contribution in [3.05, 3.63) is 58.9 Å². The van der Waals surface area contributed by atoms with Crippen LogP contribution in [0.5, 0.6) is 5.75 Å². The van der Waals surface area contributed by atoms with Crippen LogP contribution in [-0.4, -0.2) is 23.7 Å². The van der Waals surface area contributed by atoms with Gasteiger partial charge in [-0.1, -0.05) is 11.6 Å². The molecule has 1 heterocycles. The Kier molecular flexibility index (Phi) is 3.92. The predicted octanol–water partition coefficient (Wildman–Crippen LogP) is 2.81. The van der Waals surface area contributed by atoms with E-state index in [2.05, 4.69) is 4.98 Å². The van der Waals surface area contributed by atoms with Crippen molar-refractivity contribution in [2.75, 3.05) is 7.11 Å². The third-order valence-electron chi connectivity index (χ3n) is 2.55. The molecule has 0 aliphatic heterocycles. The van der Waals surface area contributed by atoms with E-state index >= 15 is 0 Å². The molecule has 0 N–H and O–H groups in total. The highest BCUT2D eigenvalue weighted by molar-refractivity contribution is 6.49. The van der Waals surface area contributed by atoms with Crippen LogP contribution in [0, 0.1) is 0 Å². The molecule has 0 saturated carbocycles. The molecule has 0 atom stereocenters. The number of aromatic nitrogens is 1. The number of Topliss-reactive ketones (excluding diaryl/α,β-unsaturated/α-hetero) is 2. The van der Waals surface area contributed by atoms with E-state index in [-0.39, 0.29) is 10.7 Å². The van der Waals surface area contributed by atoms with E-state index in [1.165, 1.54) is 25.4 Å². The summed E-state index contributed by atoms with van der Waals surface area (Å²) in [5.74, 6) is -0.588. The van der Waals surface area contributed by atoms with Crippen molar-refractivity contribution in [2.45, 2.75) is 0 Å². The molecular weight excluding hydrogens is 266 g/mol. The summed E-state index contributed by atoms with van der Waals surface area (Å²) in [4.78, 5) is 27.7. The van der Waals surface area contributed by atoms with Gasteiger partial charge in [0.1, 0.15) is 10.9 Å². The largest absolute Gasteiger partial charge is 0.497 e. The topological polar surface area (TPSA) is 56.3 Å². The summed E-state index contributed by atoms with van der Waals surface area (Å²) in [7, 11) is 1.53. The van der Waals surface area contributed by atoms with Gasteiger partial charge in [-0.05, 0) is 36.4 Å². The monoisotopic (exact) mass is 275 g/mol. The fourth-order valence-electron chi connectivity index (χ4n) is 1.55. The number of carbonyl (C=O) groups is 2. The minimum Gasteiger partial charge on any atom is -0.497 e. The lowest BCUT2D eigenvalue weighted by atomic mass is 10.0. The Bertz CT molecular complexity index is 623. The van der Waals surface area contributed by atoms with Gasteiger partial charge < -0.3 is 4.74 Å². The van der Waals surface area contributed by atoms with E-state index < -0.39 is 11.6 Å². The first-order chi connectivity index (χ1) is 9.11. The number of rotatable bonds is 4. The Labute approximate surface area is 115 Å². The third kappa shape index (κ3) is 2.98. The Morgan fingerprint density at radius 2 is 1.68 bits per heavy atom. The van der Waals surface area contributed by atoms with E-state index in [9.17, 15) is 9.59 Å². The molecule has 1 aromatic carbocycles. The van der Waals surface area contributed by atoms with Crippen molar-refractivity contribution in [2.24, 2.45) is 0 Å². The highest BCUT2D eigenvalue weighted by Crippen LogP contribution is 2.15. The van der Waals surface area contributed by atoms with Crippen molar-refractivity contribution in [3.8, 4) is 5.75 Å². The van der Waals surface area contributed by atoms with E-state index in [0.29, 0.717) is 11.3 Å². The van der Waals surface area contributed by atoms with Gasteiger partial charge in [0.25, 0.3) is 0 Å². The van der Waals surface area contributed by atoms with Crippen molar-refractivity contribution < 1.29 is 14.3 Å². The van der Waals surface area contributed by atoms with E-state index in [1.807, 2.05) is 0 Å². The molecule has 0 spiro atoms. The Hall–Kier alpha value is -2.20. The number of hydrogen-bond acceptors (Lipinski definition) is 4.